The molecule has 1 aromatic heterocycles. The summed E-state index contributed by atoms with van der Waals surface area (Å²) in [6, 6.07) is 14.0. The van der Waals surface area contributed by atoms with Crippen LogP contribution in [0.15, 0.2) is 60.9 Å². The van der Waals surface area contributed by atoms with E-state index in [1.165, 1.54) is 0 Å². The maximum atomic E-state index is 6.35. The predicted molar refractivity (Wildman–Crippen MR) is 133 cm³/mol. The number of nitrogens with one attached hydrogen (secondary N) is 2. The van der Waals surface area contributed by atoms with Gasteiger partial charge in [-0.05, 0) is 42.4 Å². The highest BCUT2D eigenvalue weighted by atomic mass is 35.5. The second-order valence-corrected chi connectivity index (χ2v) is 7.86. The smallest absolute Gasteiger partial charge is 0.229 e. The lowest BCUT2D eigenvalue weighted by Gasteiger charge is -2.29. The van der Waals surface area contributed by atoms with Crippen molar-refractivity contribution in [1.29, 1.82) is 0 Å². The van der Waals surface area contributed by atoms with Crippen molar-refractivity contribution in [2.75, 3.05) is 48.9 Å². The summed E-state index contributed by atoms with van der Waals surface area (Å²) in [5.74, 6) is 1.61. The van der Waals surface area contributed by atoms with Crippen molar-refractivity contribution in [3.63, 3.8) is 0 Å². The molecule has 3 aromatic rings. The van der Waals surface area contributed by atoms with Gasteiger partial charge in [0.25, 0.3) is 0 Å². The lowest BCUT2D eigenvalue weighted by Crippen LogP contribution is -2.36. The number of hydrogen-bond acceptors (Lipinski definition) is 8. The maximum absolute atomic E-state index is 6.35. The van der Waals surface area contributed by atoms with Crippen LogP contribution in [0.2, 0.25) is 5.02 Å². The molecule has 2 aromatic carbocycles. The molecule has 0 saturated carbocycles. The molecular formula is C24H27ClN6O2. The van der Waals surface area contributed by atoms with Crippen LogP contribution in [-0.4, -0.2) is 43.4 Å². The number of nitrogens with two attached hydrogens (primary N) is 1. The maximum Gasteiger partial charge on any atom is 0.229 e. The highest BCUT2D eigenvalue weighted by Gasteiger charge is 2.15. The number of methoxy groups -OCH3 is 1. The Labute approximate surface area is 198 Å². The largest absolute Gasteiger partial charge is 0.494 e. The van der Waals surface area contributed by atoms with E-state index >= 15 is 0 Å². The third kappa shape index (κ3) is 5.85. The zero-order valence-corrected chi connectivity index (χ0v) is 19.2. The molecule has 0 radical (unpaired) electrons. The molecule has 33 heavy (non-hydrogen) atoms. The van der Waals surface area contributed by atoms with E-state index in [0.29, 0.717) is 22.5 Å². The molecule has 0 amide bonds. The number of anilines is 5. The predicted octanol–water partition coefficient (Wildman–Crippen LogP) is 4.48. The average molecular weight is 467 g/mol. The van der Waals surface area contributed by atoms with Crippen LogP contribution in [0.3, 0.4) is 0 Å². The Kier molecular flexibility index (Phi) is 7.49. The van der Waals surface area contributed by atoms with E-state index in [2.05, 4.69) is 25.5 Å². The van der Waals surface area contributed by atoms with Gasteiger partial charge in [-0.2, -0.15) is 4.98 Å². The van der Waals surface area contributed by atoms with Crippen LogP contribution in [-0.2, 0) is 11.2 Å². The summed E-state index contributed by atoms with van der Waals surface area (Å²) in [5, 5.41) is 6.92. The number of rotatable bonds is 8. The van der Waals surface area contributed by atoms with Crippen molar-refractivity contribution >= 4 is 40.4 Å². The molecule has 2 heterocycles. The molecule has 1 fully saturated rings. The van der Waals surface area contributed by atoms with Crippen LogP contribution in [0, 0.1) is 0 Å². The van der Waals surface area contributed by atoms with Crippen molar-refractivity contribution in [3.8, 4) is 5.75 Å². The lowest BCUT2D eigenvalue weighted by atomic mass is 10.1. The van der Waals surface area contributed by atoms with Gasteiger partial charge in [0.2, 0.25) is 5.95 Å². The van der Waals surface area contributed by atoms with E-state index in [4.69, 9.17) is 26.8 Å². The zero-order valence-electron chi connectivity index (χ0n) is 18.4. The minimum absolute atomic E-state index is 0.404. The SMILES string of the molecule is COc1cc(N2CCOCC2)ccc1Nc1ncc(Cl)c(Nc2cccc(CC=CN)c2)n1. The van der Waals surface area contributed by atoms with Crippen molar-refractivity contribution in [2.45, 2.75) is 6.42 Å². The summed E-state index contributed by atoms with van der Waals surface area (Å²) in [6.45, 7) is 3.16. The summed E-state index contributed by atoms with van der Waals surface area (Å²) in [4.78, 5) is 11.2. The van der Waals surface area contributed by atoms with Gasteiger partial charge in [-0.3, -0.25) is 0 Å². The summed E-state index contributed by atoms with van der Waals surface area (Å²) in [6.07, 6.45) is 5.75. The molecule has 4 N–H and O–H groups in total. The normalized spacial score (nSPS) is 13.8. The molecule has 8 nitrogen and oxygen atoms in total. The Morgan fingerprint density at radius 3 is 2.82 bits per heavy atom. The van der Waals surface area contributed by atoms with E-state index in [0.717, 1.165) is 55.3 Å². The molecule has 4 rings (SSSR count). The summed E-state index contributed by atoms with van der Waals surface area (Å²) in [5.41, 5.74) is 9.29. The minimum Gasteiger partial charge on any atom is -0.494 e. The third-order valence-corrected chi connectivity index (χ3v) is 5.51. The number of morpholine rings is 1. The summed E-state index contributed by atoms with van der Waals surface area (Å²) in [7, 11) is 1.64. The van der Waals surface area contributed by atoms with Crippen LogP contribution in [0.5, 0.6) is 5.75 Å². The Hall–Kier alpha value is -3.49. The molecule has 0 spiro atoms. The molecule has 1 saturated heterocycles. The van der Waals surface area contributed by atoms with Crippen LogP contribution >= 0.6 is 11.6 Å². The molecule has 1 aliphatic rings. The number of aromatic nitrogens is 2. The quantitative estimate of drug-likeness (QED) is 0.447. The topological polar surface area (TPSA) is 97.6 Å². The average Bonchev–Trinajstić information content (AvgIpc) is 2.86. The molecule has 9 heteroatoms. The van der Waals surface area contributed by atoms with Gasteiger partial charge in [0.05, 0.1) is 32.2 Å². The van der Waals surface area contributed by atoms with E-state index in [-0.39, 0.29) is 0 Å². The Balaban J connectivity index is 1.52. The minimum atomic E-state index is 0.404. The van der Waals surface area contributed by atoms with Crippen LogP contribution < -0.4 is 26.0 Å². The van der Waals surface area contributed by atoms with Crippen molar-refractivity contribution in [1.82, 2.24) is 9.97 Å². The monoisotopic (exact) mass is 466 g/mol. The van der Waals surface area contributed by atoms with Gasteiger partial charge in [-0.1, -0.05) is 29.8 Å². The first-order valence-corrected chi connectivity index (χ1v) is 11.1. The Bertz CT molecular complexity index is 1120. The molecule has 0 atom stereocenters. The molecular weight excluding hydrogens is 440 g/mol. The van der Waals surface area contributed by atoms with Crippen molar-refractivity contribution < 1.29 is 9.47 Å². The van der Waals surface area contributed by atoms with Gasteiger partial charge in [-0.25, -0.2) is 4.98 Å². The number of halogens is 1. The molecule has 1 aliphatic heterocycles. The highest BCUT2D eigenvalue weighted by Crippen LogP contribution is 2.32. The number of allylic oxidation sites excluding steroid dienone is 1. The summed E-state index contributed by atoms with van der Waals surface area (Å²) < 4.78 is 11.1. The van der Waals surface area contributed by atoms with Crippen LogP contribution in [0.4, 0.5) is 28.8 Å². The molecule has 0 unspecified atom stereocenters. The van der Waals surface area contributed by atoms with Crippen LogP contribution in [0.1, 0.15) is 5.56 Å². The number of ether oxygens (including phenoxy) is 2. The van der Waals surface area contributed by atoms with Crippen molar-refractivity contribution in [3.05, 3.63) is 71.5 Å². The first-order chi connectivity index (χ1) is 16.2. The van der Waals surface area contributed by atoms with E-state index in [1.54, 1.807) is 19.5 Å². The second kappa shape index (κ2) is 10.9. The Morgan fingerprint density at radius 2 is 2.03 bits per heavy atom. The number of nitrogens with zero attached hydrogens (tertiary/aromatic N) is 3. The van der Waals surface area contributed by atoms with Gasteiger partial charge in [0.15, 0.2) is 5.82 Å². The fraction of sp³-hybridized carbons (Fsp3) is 0.250. The van der Waals surface area contributed by atoms with Gasteiger partial charge >= 0.3 is 0 Å². The second-order valence-electron chi connectivity index (χ2n) is 7.46. The highest BCUT2D eigenvalue weighted by molar-refractivity contribution is 6.32. The van der Waals surface area contributed by atoms with E-state index < -0.39 is 0 Å². The van der Waals surface area contributed by atoms with Gasteiger partial charge in [0.1, 0.15) is 10.8 Å². The fourth-order valence-corrected chi connectivity index (χ4v) is 3.69. The Morgan fingerprint density at radius 1 is 1.18 bits per heavy atom. The standard InChI is InChI=1S/C24H27ClN6O2/c1-32-22-15-19(31-10-12-33-13-11-31)7-8-21(22)29-24-27-16-20(25)23(30-24)28-18-6-2-4-17(14-18)5-3-9-26/h2-4,6-9,14-16H,5,10-13,26H2,1H3,(H2,27,28,29,30). The summed E-state index contributed by atoms with van der Waals surface area (Å²) >= 11 is 6.35. The third-order valence-electron chi connectivity index (χ3n) is 5.23. The lowest BCUT2D eigenvalue weighted by molar-refractivity contribution is 0.122. The van der Waals surface area contributed by atoms with E-state index in [1.807, 2.05) is 48.5 Å². The first kappa shape index (κ1) is 22.7. The van der Waals surface area contributed by atoms with Gasteiger partial charge in [-0.15, -0.1) is 0 Å². The zero-order chi connectivity index (χ0) is 23.0. The first-order valence-electron chi connectivity index (χ1n) is 10.7. The van der Waals surface area contributed by atoms with Crippen LogP contribution in [0.25, 0.3) is 0 Å². The molecule has 0 bridgehead atoms. The van der Waals surface area contributed by atoms with Crippen molar-refractivity contribution in [2.24, 2.45) is 5.73 Å². The van der Waals surface area contributed by atoms with E-state index in [9.17, 15) is 0 Å². The van der Waals surface area contributed by atoms with Gasteiger partial charge in [0, 0.05) is 30.5 Å². The molecule has 0 aliphatic carbocycles. The number of hydrogen-bond donors (Lipinski definition) is 3. The molecule has 172 valence electrons. The fourth-order valence-electron chi connectivity index (χ4n) is 3.55. The number of benzene rings is 2. The van der Waals surface area contributed by atoms with Gasteiger partial charge < -0.3 is 30.7 Å².